The van der Waals surface area contributed by atoms with Crippen molar-refractivity contribution in [1.29, 1.82) is 0 Å². The number of aryl methyl sites for hydroxylation is 1. The zero-order valence-corrected chi connectivity index (χ0v) is 7.09. The molecule has 0 aliphatic carbocycles. The molecular formula is C9H14O2. The van der Waals surface area contributed by atoms with Gasteiger partial charge in [-0.05, 0) is 25.5 Å². The van der Waals surface area contributed by atoms with Crippen molar-refractivity contribution in [3.05, 3.63) is 23.7 Å². The first-order valence-corrected chi connectivity index (χ1v) is 3.96. The number of hydrogen-bond donors (Lipinski definition) is 0. The van der Waals surface area contributed by atoms with Crippen LogP contribution in [0, 0.1) is 6.92 Å². The molecule has 11 heavy (non-hydrogen) atoms. The van der Waals surface area contributed by atoms with E-state index in [1.165, 1.54) is 0 Å². The lowest BCUT2D eigenvalue weighted by molar-refractivity contribution is 0.106. The molecule has 0 atom stereocenters. The Bertz CT molecular complexity index is 203. The largest absolute Gasteiger partial charge is 0.464 e. The van der Waals surface area contributed by atoms with Crippen molar-refractivity contribution in [3.63, 3.8) is 0 Å². The topological polar surface area (TPSA) is 22.4 Å². The molecule has 0 N–H and O–H groups in total. The number of rotatable bonds is 4. The normalized spacial score (nSPS) is 10.4. The zero-order valence-electron chi connectivity index (χ0n) is 7.09. The summed E-state index contributed by atoms with van der Waals surface area (Å²) in [7, 11) is 0. The zero-order chi connectivity index (χ0) is 8.10. The lowest BCUT2D eigenvalue weighted by Gasteiger charge is -1.97. The van der Waals surface area contributed by atoms with Gasteiger partial charge in [0.05, 0.1) is 0 Å². The molecule has 0 radical (unpaired) electrons. The van der Waals surface area contributed by atoms with E-state index in [2.05, 4.69) is 6.92 Å². The monoisotopic (exact) mass is 154 g/mol. The van der Waals surface area contributed by atoms with Gasteiger partial charge >= 0.3 is 0 Å². The molecule has 2 heteroatoms. The van der Waals surface area contributed by atoms with Crippen LogP contribution >= 0.6 is 0 Å². The molecular weight excluding hydrogens is 140 g/mol. The second-order valence-corrected chi connectivity index (χ2v) is 2.56. The lowest BCUT2D eigenvalue weighted by atomic mass is 10.4. The third kappa shape index (κ3) is 2.76. The molecule has 0 spiro atoms. The van der Waals surface area contributed by atoms with Gasteiger partial charge in [0.1, 0.15) is 18.1 Å². The van der Waals surface area contributed by atoms with Gasteiger partial charge in [0.15, 0.2) is 0 Å². The minimum absolute atomic E-state index is 0.599. The summed E-state index contributed by atoms with van der Waals surface area (Å²) in [5.41, 5.74) is 0. The smallest absolute Gasteiger partial charge is 0.129 e. The van der Waals surface area contributed by atoms with Gasteiger partial charge in [0.25, 0.3) is 0 Å². The van der Waals surface area contributed by atoms with E-state index in [1.54, 1.807) is 0 Å². The number of ether oxygens (including phenoxy) is 1. The molecule has 0 aliphatic heterocycles. The van der Waals surface area contributed by atoms with Crippen molar-refractivity contribution in [3.8, 4) is 0 Å². The van der Waals surface area contributed by atoms with Crippen LogP contribution in [-0.4, -0.2) is 6.61 Å². The Labute approximate surface area is 67.2 Å². The lowest BCUT2D eigenvalue weighted by Crippen LogP contribution is -1.91. The maximum atomic E-state index is 5.31. The van der Waals surface area contributed by atoms with E-state index in [0.29, 0.717) is 6.61 Å². The first-order chi connectivity index (χ1) is 5.33. The van der Waals surface area contributed by atoms with Crippen molar-refractivity contribution < 1.29 is 9.15 Å². The fourth-order valence-corrected chi connectivity index (χ4v) is 0.880. The standard InChI is InChI=1S/C9H14O2/c1-3-6-10-7-9-5-4-8(2)11-9/h4-5H,3,6-7H2,1-2H3. The Morgan fingerprint density at radius 1 is 1.45 bits per heavy atom. The summed E-state index contributed by atoms with van der Waals surface area (Å²) in [6.07, 6.45) is 1.06. The Kier molecular flexibility index (Phi) is 3.17. The molecule has 62 valence electrons. The van der Waals surface area contributed by atoms with Gasteiger partial charge in [0, 0.05) is 6.61 Å². The third-order valence-corrected chi connectivity index (χ3v) is 1.39. The maximum absolute atomic E-state index is 5.31. The Balaban J connectivity index is 2.27. The van der Waals surface area contributed by atoms with E-state index in [9.17, 15) is 0 Å². The molecule has 0 fully saturated rings. The fraction of sp³-hybridized carbons (Fsp3) is 0.556. The molecule has 0 saturated heterocycles. The van der Waals surface area contributed by atoms with E-state index in [4.69, 9.17) is 9.15 Å². The Morgan fingerprint density at radius 3 is 2.82 bits per heavy atom. The first kappa shape index (κ1) is 8.34. The van der Waals surface area contributed by atoms with Crippen LogP contribution in [0.5, 0.6) is 0 Å². The Morgan fingerprint density at radius 2 is 2.27 bits per heavy atom. The summed E-state index contributed by atoms with van der Waals surface area (Å²) < 4.78 is 10.6. The van der Waals surface area contributed by atoms with Gasteiger partial charge in [0.2, 0.25) is 0 Å². The molecule has 1 heterocycles. The van der Waals surface area contributed by atoms with E-state index in [-0.39, 0.29) is 0 Å². The van der Waals surface area contributed by atoms with Gasteiger partial charge in [-0.15, -0.1) is 0 Å². The number of furan rings is 1. The van der Waals surface area contributed by atoms with Crippen LogP contribution < -0.4 is 0 Å². The minimum atomic E-state index is 0.599. The van der Waals surface area contributed by atoms with E-state index in [0.717, 1.165) is 24.5 Å². The van der Waals surface area contributed by atoms with Crippen LogP contribution in [0.3, 0.4) is 0 Å². The average molecular weight is 154 g/mol. The Hall–Kier alpha value is -0.760. The van der Waals surface area contributed by atoms with Crippen LogP contribution in [-0.2, 0) is 11.3 Å². The predicted molar refractivity (Wildman–Crippen MR) is 43.4 cm³/mol. The molecule has 1 rings (SSSR count). The van der Waals surface area contributed by atoms with Crippen molar-refractivity contribution in [1.82, 2.24) is 0 Å². The SMILES string of the molecule is CCCOCc1ccc(C)o1. The molecule has 0 bridgehead atoms. The van der Waals surface area contributed by atoms with Gasteiger partial charge in [-0.25, -0.2) is 0 Å². The van der Waals surface area contributed by atoms with Crippen LogP contribution in [0.2, 0.25) is 0 Å². The van der Waals surface area contributed by atoms with Crippen LogP contribution in [0.25, 0.3) is 0 Å². The summed E-state index contributed by atoms with van der Waals surface area (Å²) in [4.78, 5) is 0. The summed E-state index contributed by atoms with van der Waals surface area (Å²) in [6.45, 7) is 5.43. The molecule has 0 unspecified atom stereocenters. The molecule has 0 aliphatic rings. The summed E-state index contributed by atoms with van der Waals surface area (Å²) in [6, 6.07) is 3.90. The van der Waals surface area contributed by atoms with Gasteiger partial charge in [-0.2, -0.15) is 0 Å². The molecule has 0 saturated carbocycles. The van der Waals surface area contributed by atoms with Crippen molar-refractivity contribution in [2.45, 2.75) is 26.9 Å². The second kappa shape index (κ2) is 4.19. The van der Waals surface area contributed by atoms with E-state index >= 15 is 0 Å². The summed E-state index contributed by atoms with van der Waals surface area (Å²) >= 11 is 0. The van der Waals surface area contributed by atoms with Gasteiger partial charge < -0.3 is 9.15 Å². The molecule has 2 nitrogen and oxygen atoms in total. The van der Waals surface area contributed by atoms with Crippen molar-refractivity contribution >= 4 is 0 Å². The minimum Gasteiger partial charge on any atom is -0.464 e. The predicted octanol–water partition coefficient (Wildman–Crippen LogP) is 2.51. The first-order valence-electron chi connectivity index (χ1n) is 3.96. The highest BCUT2D eigenvalue weighted by molar-refractivity contribution is 5.04. The molecule has 1 aromatic rings. The fourth-order valence-electron chi connectivity index (χ4n) is 0.880. The highest BCUT2D eigenvalue weighted by atomic mass is 16.5. The van der Waals surface area contributed by atoms with Gasteiger partial charge in [-0.1, -0.05) is 6.92 Å². The molecule has 1 aromatic heterocycles. The van der Waals surface area contributed by atoms with Crippen molar-refractivity contribution in [2.75, 3.05) is 6.61 Å². The van der Waals surface area contributed by atoms with Crippen molar-refractivity contribution in [2.24, 2.45) is 0 Å². The van der Waals surface area contributed by atoms with E-state index < -0.39 is 0 Å². The highest BCUT2D eigenvalue weighted by Gasteiger charge is 1.96. The number of hydrogen-bond acceptors (Lipinski definition) is 2. The second-order valence-electron chi connectivity index (χ2n) is 2.56. The molecule has 0 amide bonds. The summed E-state index contributed by atoms with van der Waals surface area (Å²) in [5, 5.41) is 0. The maximum Gasteiger partial charge on any atom is 0.129 e. The van der Waals surface area contributed by atoms with Crippen LogP contribution in [0.15, 0.2) is 16.5 Å². The van der Waals surface area contributed by atoms with Crippen LogP contribution in [0.4, 0.5) is 0 Å². The highest BCUT2D eigenvalue weighted by Crippen LogP contribution is 2.07. The molecule has 0 aromatic carbocycles. The van der Waals surface area contributed by atoms with E-state index in [1.807, 2.05) is 19.1 Å². The third-order valence-electron chi connectivity index (χ3n) is 1.39. The average Bonchev–Trinajstić information content (AvgIpc) is 2.37. The van der Waals surface area contributed by atoms with Crippen LogP contribution in [0.1, 0.15) is 24.9 Å². The quantitative estimate of drug-likeness (QED) is 0.622. The van der Waals surface area contributed by atoms with Gasteiger partial charge in [-0.3, -0.25) is 0 Å². The summed E-state index contributed by atoms with van der Waals surface area (Å²) in [5.74, 6) is 1.86.